The molecule has 1 aliphatic carbocycles. The highest BCUT2D eigenvalue weighted by Crippen LogP contribution is 2.50. The summed E-state index contributed by atoms with van der Waals surface area (Å²) in [5.41, 5.74) is 10.1. The number of para-hydroxylation sites is 3. The lowest BCUT2D eigenvalue weighted by atomic mass is 9.91. The molecule has 3 nitrogen and oxygen atoms in total. The van der Waals surface area contributed by atoms with Gasteiger partial charge in [0.15, 0.2) is 0 Å². The average Bonchev–Trinajstić information content (AvgIpc) is 3.63. The second kappa shape index (κ2) is 8.00. The van der Waals surface area contributed by atoms with E-state index in [0.717, 1.165) is 0 Å². The lowest BCUT2D eigenvalue weighted by Gasteiger charge is -2.29. The molecule has 2 aliphatic rings. The van der Waals surface area contributed by atoms with Crippen molar-refractivity contribution < 1.29 is 0 Å². The Bertz CT molecular complexity index is 2210. The number of hydrogen-bond donors (Lipinski definition) is 0. The highest BCUT2D eigenvalue weighted by Gasteiger charge is 2.38. The minimum absolute atomic E-state index is 0.266. The Morgan fingerprint density at radius 3 is 2.17 bits per heavy atom. The first-order valence-electron chi connectivity index (χ1n) is 14.0. The highest BCUT2D eigenvalue weighted by molar-refractivity contribution is 6.16. The predicted molar refractivity (Wildman–Crippen MR) is 168 cm³/mol. The van der Waals surface area contributed by atoms with E-state index >= 15 is 0 Å². The number of aryl methyl sites for hydroxylation is 1. The second-order valence-corrected chi connectivity index (χ2v) is 11.0. The monoisotopic (exact) mass is 513 g/mol. The summed E-state index contributed by atoms with van der Waals surface area (Å²) in [5.74, 6) is 0.360. The Balaban J connectivity index is 1.34. The van der Waals surface area contributed by atoms with E-state index in [0.29, 0.717) is 5.92 Å². The summed E-state index contributed by atoms with van der Waals surface area (Å²) in [6.07, 6.45) is 9.10. The molecule has 0 bridgehead atoms. The van der Waals surface area contributed by atoms with Crippen LogP contribution in [0.3, 0.4) is 0 Å². The lowest BCUT2D eigenvalue weighted by molar-refractivity contribution is 0.746. The van der Waals surface area contributed by atoms with Gasteiger partial charge in [0, 0.05) is 51.4 Å². The van der Waals surface area contributed by atoms with Gasteiger partial charge in [-0.05, 0) is 48.0 Å². The lowest BCUT2D eigenvalue weighted by Crippen LogP contribution is -2.28. The van der Waals surface area contributed by atoms with Crippen LogP contribution >= 0.6 is 0 Å². The van der Waals surface area contributed by atoms with Gasteiger partial charge in [0.25, 0.3) is 0 Å². The average molecular weight is 514 g/mol. The number of benzene rings is 5. The van der Waals surface area contributed by atoms with Crippen LogP contribution in [0, 0.1) is 0 Å². The number of aromatic nitrogens is 2. The van der Waals surface area contributed by atoms with Crippen LogP contribution in [-0.2, 0) is 7.05 Å². The molecular formula is C37H27N3. The van der Waals surface area contributed by atoms with Gasteiger partial charge in [-0.25, -0.2) is 0 Å². The third-order valence-electron chi connectivity index (χ3n) is 9.05. The van der Waals surface area contributed by atoms with Crippen molar-refractivity contribution in [2.24, 2.45) is 7.05 Å². The number of hydrogen-bond acceptors (Lipinski definition) is 1. The molecule has 0 fully saturated rings. The number of rotatable bonds is 2. The molecule has 3 heteroatoms. The van der Waals surface area contributed by atoms with Gasteiger partial charge in [-0.3, -0.25) is 0 Å². The van der Waals surface area contributed by atoms with E-state index in [1.807, 2.05) is 0 Å². The molecule has 0 radical (unpaired) electrons. The summed E-state index contributed by atoms with van der Waals surface area (Å²) in [4.78, 5) is 2.56. The number of allylic oxidation sites excluding steroid dienone is 2. The van der Waals surface area contributed by atoms with Gasteiger partial charge in [-0.1, -0.05) is 91.0 Å². The van der Waals surface area contributed by atoms with Crippen molar-refractivity contribution in [3.63, 3.8) is 0 Å². The molecule has 2 aromatic heterocycles. The van der Waals surface area contributed by atoms with E-state index in [4.69, 9.17) is 0 Å². The zero-order valence-corrected chi connectivity index (χ0v) is 22.2. The van der Waals surface area contributed by atoms with Gasteiger partial charge in [0.1, 0.15) is 0 Å². The maximum Gasteiger partial charge on any atom is 0.0629 e. The summed E-state index contributed by atoms with van der Waals surface area (Å²) in [5, 5.41) is 5.17. The van der Waals surface area contributed by atoms with Crippen LogP contribution in [0.15, 0.2) is 133 Å². The number of fused-ring (bicyclic) bond motifs is 9. The van der Waals surface area contributed by atoms with Crippen LogP contribution in [0.2, 0.25) is 0 Å². The van der Waals surface area contributed by atoms with Crippen molar-refractivity contribution in [3.8, 4) is 5.69 Å². The molecule has 9 rings (SSSR count). The van der Waals surface area contributed by atoms with Crippen LogP contribution in [0.25, 0.3) is 49.3 Å². The standard InChI is InChI=1S/C37H27N3/c1-38-30-15-6-2-11-25(30)28-22-21-24(23-36(28)38)39-33-18-9-5-14-29(33)37-34(39)19-10-20-35(37)40-31-16-7-3-12-26(31)27-13-4-8-17-32(27)40/h2-23,26,31H,1H3. The van der Waals surface area contributed by atoms with Crippen molar-refractivity contribution in [2.75, 3.05) is 4.90 Å². The third-order valence-corrected chi connectivity index (χ3v) is 9.05. The fourth-order valence-electron chi connectivity index (χ4n) is 7.34. The summed E-state index contributed by atoms with van der Waals surface area (Å²) < 4.78 is 4.76. The number of anilines is 2. The molecule has 0 N–H and O–H groups in total. The summed E-state index contributed by atoms with van der Waals surface area (Å²) in [7, 11) is 2.17. The molecule has 1 aliphatic heterocycles. The van der Waals surface area contributed by atoms with Gasteiger partial charge in [-0.2, -0.15) is 0 Å². The molecule has 2 unspecified atom stereocenters. The number of nitrogens with zero attached hydrogens (tertiary/aromatic N) is 3. The molecule has 0 saturated carbocycles. The van der Waals surface area contributed by atoms with E-state index in [9.17, 15) is 0 Å². The van der Waals surface area contributed by atoms with Crippen molar-refractivity contribution in [1.82, 2.24) is 9.13 Å². The SMILES string of the molecule is Cn1c2ccccc2c2ccc(-n3c4ccccc4c4c(N5c6ccccc6C6C=CC=CC65)cccc43)cc21. The van der Waals surface area contributed by atoms with Crippen LogP contribution in [0.5, 0.6) is 0 Å². The Kier molecular flexibility index (Phi) is 4.37. The van der Waals surface area contributed by atoms with E-state index < -0.39 is 0 Å². The van der Waals surface area contributed by atoms with E-state index in [2.05, 4.69) is 155 Å². The van der Waals surface area contributed by atoms with Gasteiger partial charge in [-0.15, -0.1) is 0 Å². The van der Waals surface area contributed by atoms with Gasteiger partial charge >= 0.3 is 0 Å². The summed E-state index contributed by atoms with van der Waals surface area (Å²) >= 11 is 0. The molecule has 5 aromatic carbocycles. The Morgan fingerprint density at radius 2 is 1.25 bits per heavy atom. The second-order valence-electron chi connectivity index (χ2n) is 11.0. The maximum atomic E-state index is 2.56. The molecule has 0 saturated heterocycles. The topological polar surface area (TPSA) is 13.1 Å². The van der Waals surface area contributed by atoms with Crippen LogP contribution in [-0.4, -0.2) is 15.2 Å². The van der Waals surface area contributed by atoms with Crippen LogP contribution in [0.1, 0.15) is 11.5 Å². The first-order valence-corrected chi connectivity index (χ1v) is 14.0. The van der Waals surface area contributed by atoms with Gasteiger partial charge in [0.2, 0.25) is 0 Å². The van der Waals surface area contributed by atoms with Gasteiger partial charge in [0.05, 0.1) is 28.3 Å². The zero-order valence-electron chi connectivity index (χ0n) is 22.2. The highest BCUT2D eigenvalue weighted by atomic mass is 15.2. The van der Waals surface area contributed by atoms with Crippen molar-refractivity contribution in [2.45, 2.75) is 12.0 Å². The first-order chi connectivity index (χ1) is 19.8. The molecule has 40 heavy (non-hydrogen) atoms. The van der Waals surface area contributed by atoms with Gasteiger partial charge < -0.3 is 14.0 Å². The Labute approximate surface area is 232 Å². The maximum absolute atomic E-state index is 2.56. The van der Waals surface area contributed by atoms with Crippen molar-refractivity contribution in [1.29, 1.82) is 0 Å². The third kappa shape index (κ3) is 2.79. The molecular weight excluding hydrogens is 486 g/mol. The Morgan fingerprint density at radius 1 is 0.550 bits per heavy atom. The molecule has 0 spiro atoms. The molecule has 0 amide bonds. The Hall–Kier alpha value is -5.02. The van der Waals surface area contributed by atoms with Crippen LogP contribution in [0.4, 0.5) is 11.4 Å². The van der Waals surface area contributed by atoms with Crippen molar-refractivity contribution >= 4 is 55.0 Å². The fourth-order valence-corrected chi connectivity index (χ4v) is 7.34. The van der Waals surface area contributed by atoms with Crippen LogP contribution < -0.4 is 4.90 Å². The molecule has 190 valence electrons. The molecule has 7 aromatic rings. The fraction of sp³-hybridized carbons (Fsp3) is 0.0811. The zero-order chi connectivity index (χ0) is 26.4. The minimum Gasteiger partial charge on any atom is -0.344 e. The smallest absolute Gasteiger partial charge is 0.0629 e. The summed E-state index contributed by atoms with van der Waals surface area (Å²) in [6.45, 7) is 0. The minimum atomic E-state index is 0.266. The quantitative estimate of drug-likeness (QED) is 0.225. The van der Waals surface area contributed by atoms with Crippen molar-refractivity contribution in [3.05, 3.63) is 139 Å². The molecule has 2 atom stereocenters. The normalized spacial score (nSPS) is 17.9. The van der Waals surface area contributed by atoms with E-state index in [1.165, 1.54) is 66.2 Å². The van der Waals surface area contributed by atoms with E-state index in [-0.39, 0.29) is 6.04 Å². The largest absolute Gasteiger partial charge is 0.344 e. The van der Waals surface area contributed by atoms with E-state index in [1.54, 1.807) is 0 Å². The molecule has 3 heterocycles. The first kappa shape index (κ1) is 21.9. The predicted octanol–water partition coefficient (Wildman–Crippen LogP) is 9.16. The summed E-state index contributed by atoms with van der Waals surface area (Å²) in [6, 6.07) is 40.4.